The van der Waals surface area contributed by atoms with Gasteiger partial charge in [0.05, 0.1) is 11.2 Å². The SMILES string of the molecule is O=C1Nc2ccccc2C2(CCN(C(=O)N[C@H](Cc3ccc4[nH]c(=O)oc4c3)C(=O)N3CCC(N4CCCCC4)CC3)CC2)O1. The maximum absolute atomic E-state index is 14.0. The normalized spacial score (nSPS) is 21.2. The predicted molar refractivity (Wildman–Crippen MR) is 167 cm³/mol. The lowest BCUT2D eigenvalue weighted by molar-refractivity contribution is -0.135. The van der Waals surface area contributed by atoms with Crippen LogP contribution < -0.4 is 16.4 Å². The van der Waals surface area contributed by atoms with Gasteiger partial charge in [0.15, 0.2) is 5.58 Å². The number of aromatic amines is 1. The molecule has 3 saturated heterocycles. The topological polar surface area (TPSA) is 140 Å². The lowest BCUT2D eigenvalue weighted by atomic mass is 9.82. The summed E-state index contributed by atoms with van der Waals surface area (Å²) >= 11 is 0. The van der Waals surface area contributed by atoms with E-state index in [1.54, 1.807) is 17.0 Å². The Kier molecular flexibility index (Phi) is 7.99. The minimum Gasteiger partial charge on any atom is -0.438 e. The number of aromatic nitrogens is 1. The fraction of sp³-hybridized carbons (Fsp3) is 0.515. The van der Waals surface area contributed by atoms with Crippen molar-refractivity contribution in [3.63, 3.8) is 0 Å². The van der Waals surface area contributed by atoms with Gasteiger partial charge in [-0.15, -0.1) is 0 Å². The highest BCUT2D eigenvalue weighted by Gasteiger charge is 2.45. The number of fused-ring (bicyclic) bond motifs is 3. The van der Waals surface area contributed by atoms with Crippen LogP contribution in [-0.4, -0.2) is 89.1 Å². The minimum atomic E-state index is -0.792. The van der Waals surface area contributed by atoms with E-state index < -0.39 is 23.5 Å². The molecule has 12 heteroatoms. The predicted octanol–water partition coefficient (Wildman–Crippen LogP) is 3.77. The molecule has 12 nitrogen and oxygen atoms in total. The number of para-hydroxylation sites is 1. The van der Waals surface area contributed by atoms with E-state index in [1.165, 1.54) is 19.3 Å². The number of nitrogens with zero attached hydrogens (tertiary/aromatic N) is 3. The number of ether oxygens (including phenoxy) is 1. The van der Waals surface area contributed by atoms with Crippen molar-refractivity contribution in [1.82, 2.24) is 25.0 Å². The van der Waals surface area contributed by atoms with Crippen LogP contribution in [0, 0.1) is 0 Å². The lowest BCUT2D eigenvalue weighted by Gasteiger charge is -2.44. The van der Waals surface area contributed by atoms with Gasteiger partial charge in [0, 0.05) is 57.0 Å². The molecule has 4 amide bonds. The zero-order chi connectivity index (χ0) is 31.0. The monoisotopic (exact) mass is 616 g/mol. The zero-order valence-corrected chi connectivity index (χ0v) is 25.4. The molecule has 45 heavy (non-hydrogen) atoms. The van der Waals surface area contributed by atoms with Gasteiger partial charge < -0.3 is 29.2 Å². The summed E-state index contributed by atoms with van der Waals surface area (Å²) in [6.45, 7) is 4.32. The number of H-pyrrole nitrogens is 1. The molecule has 3 fully saturated rings. The summed E-state index contributed by atoms with van der Waals surface area (Å²) in [6.07, 6.45) is 6.30. The Bertz CT molecular complexity index is 1630. The molecular formula is C33H40N6O6. The Morgan fingerprint density at radius 1 is 0.933 bits per heavy atom. The quantitative estimate of drug-likeness (QED) is 0.397. The number of urea groups is 1. The van der Waals surface area contributed by atoms with E-state index >= 15 is 0 Å². The van der Waals surface area contributed by atoms with E-state index in [-0.39, 0.29) is 18.4 Å². The van der Waals surface area contributed by atoms with E-state index in [9.17, 15) is 19.2 Å². The van der Waals surface area contributed by atoms with Gasteiger partial charge in [-0.2, -0.15) is 0 Å². The fourth-order valence-electron chi connectivity index (χ4n) is 7.55. The molecule has 5 heterocycles. The highest BCUT2D eigenvalue weighted by atomic mass is 16.6. The van der Waals surface area contributed by atoms with Crippen molar-refractivity contribution in [2.75, 3.05) is 44.6 Å². The van der Waals surface area contributed by atoms with Crippen LogP contribution >= 0.6 is 0 Å². The number of likely N-dealkylation sites (tertiary alicyclic amines) is 3. The van der Waals surface area contributed by atoms with E-state index in [2.05, 4.69) is 20.5 Å². The van der Waals surface area contributed by atoms with Crippen molar-refractivity contribution in [1.29, 1.82) is 0 Å². The van der Waals surface area contributed by atoms with Gasteiger partial charge in [-0.1, -0.05) is 30.7 Å². The number of oxazole rings is 1. The van der Waals surface area contributed by atoms with Gasteiger partial charge in [0.25, 0.3) is 0 Å². The van der Waals surface area contributed by atoms with E-state index in [0.29, 0.717) is 56.2 Å². The number of nitrogens with one attached hydrogen (secondary N) is 3. The van der Waals surface area contributed by atoms with Crippen LogP contribution in [0.4, 0.5) is 15.3 Å². The second-order valence-electron chi connectivity index (χ2n) is 12.7. The molecule has 3 N–H and O–H groups in total. The molecule has 4 aliphatic heterocycles. The number of rotatable bonds is 5. The Labute approximate surface area is 261 Å². The van der Waals surface area contributed by atoms with Crippen LogP contribution in [0.25, 0.3) is 11.1 Å². The van der Waals surface area contributed by atoms with Crippen LogP contribution in [0.1, 0.15) is 56.1 Å². The molecule has 1 spiro atoms. The molecule has 238 valence electrons. The highest BCUT2D eigenvalue weighted by Crippen LogP contribution is 2.43. The molecule has 0 unspecified atom stereocenters. The van der Waals surface area contributed by atoms with Crippen molar-refractivity contribution in [2.45, 2.75) is 69.1 Å². The molecule has 1 atom stereocenters. The van der Waals surface area contributed by atoms with E-state index in [0.717, 1.165) is 42.7 Å². The van der Waals surface area contributed by atoms with Crippen molar-refractivity contribution in [3.8, 4) is 0 Å². The summed E-state index contributed by atoms with van der Waals surface area (Å²) in [5.41, 5.74) is 2.63. The van der Waals surface area contributed by atoms with Gasteiger partial charge >= 0.3 is 17.9 Å². The average Bonchev–Trinajstić information content (AvgIpc) is 3.44. The summed E-state index contributed by atoms with van der Waals surface area (Å²) < 4.78 is 11.1. The van der Waals surface area contributed by atoms with Crippen LogP contribution in [0.15, 0.2) is 51.7 Å². The Morgan fingerprint density at radius 2 is 1.69 bits per heavy atom. The summed E-state index contributed by atoms with van der Waals surface area (Å²) in [4.78, 5) is 60.6. The number of anilines is 1. The molecule has 0 bridgehead atoms. The molecular weight excluding hydrogens is 576 g/mol. The standard InChI is InChI=1S/C33H40N6O6/c40-29(38-16-10-23(11-17-38)37-14-4-1-5-15-37)27(20-22-8-9-26-28(21-22)44-31(42)36-26)34-30(41)39-18-12-33(13-19-39)24-6-2-3-7-25(24)35-32(43)45-33/h2-3,6-9,21,23,27H,1,4-5,10-20H2,(H,34,41)(H,35,43)(H,36,42)/t27-/m1/s1. The second kappa shape index (κ2) is 12.2. The minimum absolute atomic E-state index is 0.106. The van der Waals surface area contributed by atoms with E-state index in [1.807, 2.05) is 35.2 Å². The summed E-state index contributed by atoms with van der Waals surface area (Å²) in [7, 11) is 0. The number of carbonyl (C=O) groups excluding carboxylic acids is 3. The maximum Gasteiger partial charge on any atom is 0.417 e. The first-order chi connectivity index (χ1) is 21.9. The van der Waals surface area contributed by atoms with Gasteiger partial charge in [-0.05, 0) is 62.5 Å². The summed E-state index contributed by atoms with van der Waals surface area (Å²) in [6, 6.07) is 12.3. The number of piperidine rings is 3. The molecule has 0 aliphatic carbocycles. The van der Waals surface area contributed by atoms with Crippen LogP contribution in [0.5, 0.6) is 0 Å². The van der Waals surface area contributed by atoms with Gasteiger partial charge in [0.1, 0.15) is 11.6 Å². The lowest BCUT2D eigenvalue weighted by Crippen LogP contribution is -2.57. The van der Waals surface area contributed by atoms with Crippen molar-refractivity contribution >= 4 is 34.8 Å². The van der Waals surface area contributed by atoms with Crippen molar-refractivity contribution in [2.24, 2.45) is 0 Å². The maximum atomic E-state index is 14.0. The first kappa shape index (κ1) is 29.4. The first-order valence-electron chi connectivity index (χ1n) is 16.2. The Balaban J connectivity index is 1.05. The number of carbonyl (C=O) groups is 3. The molecule has 7 rings (SSSR count). The third-order valence-corrected chi connectivity index (χ3v) is 10.0. The number of hydrogen-bond acceptors (Lipinski definition) is 7. The molecule has 0 saturated carbocycles. The molecule has 1 aromatic heterocycles. The van der Waals surface area contributed by atoms with Gasteiger partial charge in [0.2, 0.25) is 5.91 Å². The van der Waals surface area contributed by atoms with Gasteiger partial charge in [-0.3, -0.25) is 15.1 Å². The molecule has 0 radical (unpaired) electrons. The molecule has 3 aromatic rings. The Morgan fingerprint density at radius 3 is 2.47 bits per heavy atom. The van der Waals surface area contributed by atoms with E-state index in [4.69, 9.17) is 9.15 Å². The largest absolute Gasteiger partial charge is 0.438 e. The third kappa shape index (κ3) is 6.03. The number of benzene rings is 2. The third-order valence-electron chi connectivity index (χ3n) is 10.0. The van der Waals surface area contributed by atoms with Crippen molar-refractivity contribution in [3.05, 3.63) is 64.1 Å². The summed E-state index contributed by atoms with van der Waals surface area (Å²) in [5, 5.41) is 5.81. The first-order valence-corrected chi connectivity index (χ1v) is 16.2. The van der Waals surface area contributed by atoms with Gasteiger partial charge in [-0.25, -0.2) is 14.4 Å². The van der Waals surface area contributed by atoms with Crippen molar-refractivity contribution < 1.29 is 23.5 Å². The average molecular weight is 617 g/mol. The highest BCUT2D eigenvalue weighted by molar-refractivity contribution is 5.89. The van der Waals surface area contributed by atoms with Crippen LogP contribution in [0.2, 0.25) is 0 Å². The Hall–Kier alpha value is -4.32. The zero-order valence-electron chi connectivity index (χ0n) is 25.4. The smallest absolute Gasteiger partial charge is 0.417 e. The molecule has 2 aromatic carbocycles. The fourth-order valence-corrected chi connectivity index (χ4v) is 7.55. The number of amides is 4. The van der Waals surface area contributed by atoms with Crippen LogP contribution in [-0.2, 0) is 21.6 Å². The second-order valence-corrected chi connectivity index (χ2v) is 12.7. The van der Waals surface area contributed by atoms with Crippen LogP contribution in [0.3, 0.4) is 0 Å². The summed E-state index contributed by atoms with van der Waals surface area (Å²) in [5.74, 6) is -0.643. The molecule has 4 aliphatic rings. The number of hydrogen-bond donors (Lipinski definition) is 3.